The quantitative estimate of drug-likeness (QED) is 0.199. The molecule has 0 radical (unpaired) electrons. The minimum atomic E-state index is -0.469. The molecule has 3 aliphatic rings. The third kappa shape index (κ3) is 8.31. The minimum absolute atomic E-state index is 0.00354. The van der Waals surface area contributed by atoms with Gasteiger partial charge in [-0.3, -0.25) is 19.4 Å². The Morgan fingerprint density at radius 3 is 1.04 bits per heavy atom. The van der Waals surface area contributed by atoms with Gasteiger partial charge < -0.3 is 22.1 Å². The van der Waals surface area contributed by atoms with Gasteiger partial charge in [0.25, 0.3) is 11.8 Å². The highest BCUT2D eigenvalue weighted by Crippen LogP contribution is 2.26. The maximum atomic E-state index is 13.5. The van der Waals surface area contributed by atoms with Gasteiger partial charge in [-0.05, 0) is 72.8 Å². The summed E-state index contributed by atoms with van der Waals surface area (Å²) in [4.78, 5) is 61.7. The van der Waals surface area contributed by atoms with Crippen LogP contribution in [0.4, 0.5) is 0 Å². The number of hydrogen-bond acceptors (Lipinski definition) is 12. The zero-order valence-corrected chi connectivity index (χ0v) is 30.4. The summed E-state index contributed by atoms with van der Waals surface area (Å²) in [6, 6.07) is 30.3. The van der Waals surface area contributed by atoms with Crippen molar-refractivity contribution >= 4 is 11.8 Å². The van der Waals surface area contributed by atoms with E-state index in [4.69, 9.17) is 41.4 Å². The maximum Gasteiger partial charge on any atom is 0.256 e. The molecule has 9 heterocycles. The molecule has 0 aliphatic carbocycles. The predicted molar refractivity (Wildman–Crippen MR) is 210 cm³/mol. The largest absolute Gasteiger partial charge is 0.386 e. The summed E-state index contributed by atoms with van der Waals surface area (Å²) in [5.41, 5.74) is 20.2. The SMILES string of the molecule is C=C(N)NC(=O)c1cc2nc(c1)-c1cc(C(=O)NC(=C)N)cc(n1)CN1Cc3cccc(n3)-c3cccc(n3)CN(Cc3cccc(n3)-c3cccc(n3)C1)C2. The van der Waals surface area contributed by atoms with Gasteiger partial charge in [-0.15, -0.1) is 0 Å². The van der Waals surface area contributed by atoms with Crippen molar-refractivity contribution in [1.82, 2.24) is 50.3 Å². The topological polar surface area (TPSA) is 194 Å². The number of nitrogens with one attached hydrogen (secondary N) is 2. The predicted octanol–water partition coefficient (Wildman–Crippen LogP) is 4.41. The molecule has 2 amide bonds. The number of nitrogens with zero attached hydrogens (tertiary/aromatic N) is 8. The van der Waals surface area contributed by atoms with Gasteiger partial charge in [-0.1, -0.05) is 37.4 Å². The summed E-state index contributed by atoms with van der Waals surface area (Å²) in [6.07, 6.45) is 0. The zero-order chi connectivity index (χ0) is 38.8. The van der Waals surface area contributed by atoms with E-state index in [9.17, 15) is 9.59 Å². The Labute approximate surface area is 323 Å². The summed E-state index contributed by atoms with van der Waals surface area (Å²) in [6.45, 7) is 9.51. The number of nitrogens with two attached hydrogens (primary N) is 2. The van der Waals surface area contributed by atoms with E-state index in [1.54, 1.807) is 24.3 Å². The molecule has 278 valence electrons. The molecule has 3 aliphatic heterocycles. The highest BCUT2D eigenvalue weighted by molar-refractivity contribution is 5.97. The lowest BCUT2D eigenvalue weighted by Crippen LogP contribution is -2.28. The van der Waals surface area contributed by atoms with Gasteiger partial charge in [0, 0.05) is 50.4 Å². The fraction of sp³-hybridized carbons (Fsp3) is 0.143. The first kappa shape index (κ1) is 35.8. The van der Waals surface area contributed by atoms with Crippen LogP contribution in [0.25, 0.3) is 34.2 Å². The van der Waals surface area contributed by atoms with Crippen molar-refractivity contribution in [2.24, 2.45) is 11.5 Å². The van der Waals surface area contributed by atoms with Gasteiger partial charge in [0.2, 0.25) is 0 Å². The molecule has 14 nitrogen and oxygen atoms in total. The Bertz CT molecular complexity index is 2270. The van der Waals surface area contributed by atoms with E-state index in [-0.39, 0.29) is 35.9 Å². The summed E-state index contributed by atoms with van der Waals surface area (Å²) in [5.74, 6) is -0.944. The summed E-state index contributed by atoms with van der Waals surface area (Å²) in [7, 11) is 0. The third-order valence-corrected chi connectivity index (χ3v) is 9.16. The lowest BCUT2D eigenvalue weighted by Gasteiger charge is -2.24. The molecule has 0 saturated carbocycles. The van der Waals surface area contributed by atoms with Crippen LogP contribution in [0.15, 0.2) is 122 Å². The lowest BCUT2D eigenvalue weighted by atomic mass is 10.1. The van der Waals surface area contributed by atoms with Gasteiger partial charge in [0.15, 0.2) is 0 Å². The molecule has 0 aromatic carbocycles. The second kappa shape index (κ2) is 15.3. The van der Waals surface area contributed by atoms with Gasteiger partial charge in [0.05, 0.1) is 80.0 Å². The standard InChI is InChI=1S/C42H38N12O2/c1-25(43)45-41(55)27-15-33-23-53-19-29-7-3-11-35(47-29)37-13-5-9-31(49-37)21-54(22-32-10-6-14-38(50-32)36-12-4-8-30(20-53)48-36)24-34-16-28(42(56)46-26(2)44)18-40(52-34)39(17-27)51-33/h3-18H,1-2,19-24,43-44H2,(H,45,55)(H,46,56). The van der Waals surface area contributed by atoms with E-state index >= 15 is 0 Å². The molecule has 9 rings (SSSR count). The van der Waals surface area contributed by atoms with Crippen LogP contribution < -0.4 is 22.1 Å². The molecule has 0 atom stereocenters. The van der Waals surface area contributed by atoms with E-state index in [2.05, 4.69) is 33.6 Å². The molecule has 56 heavy (non-hydrogen) atoms. The Kier molecular flexibility index (Phi) is 9.79. The zero-order valence-electron chi connectivity index (χ0n) is 30.4. The normalized spacial score (nSPS) is 15.9. The first-order valence-electron chi connectivity index (χ1n) is 17.9. The maximum absolute atomic E-state index is 13.5. The molecule has 14 bridgehead atoms. The molecular weight excluding hydrogens is 705 g/mol. The lowest BCUT2D eigenvalue weighted by molar-refractivity contribution is 0.0956. The van der Waals surface area contributed by atoms with Crippen LogP contribution >= 0.6 is 0 Å². The van der Waals surface area contributed by atoms with E-state index in [1.165, 1.54) is 0 Å². The number of carbonyl (C=O) groups excluding carboxylic acids is 2. The molecule has 14 heteroatoms. The smallest absolute Gasteiger partial charge is 0.256 e. The van der Waals surface area contributed by atoms with Gasteiger partial charge >= 0.3 is 0 Å². The average Bonchev–Trinajstić information content (AvgIpc) is 3.17. The molecule has 0 unspecified atom stereocenters. The Balaban J connectivity index is 1.38. The summed E-state index contributed by atoms with van der Waals surface area (Å²) < 4.78 is 0. The molecule has 6 N–H and O–H groups in total. The van der Waals surface area contributed by atoms with Gasteiger partial charge in [-0.25, -0.2) is 29.9 Å². The molecule has 0 fully saturated rings. The molecule has 6 aromatic heterocycles. The Morgan fingerprint density at radius 2 is 0.732 bits per heavy atom. The number of amides is 2. The first-order valence-corrected chi connectivity index (χ1v) is 17.9. The van der Waals surface area contributed by atoms with Crippen molar-refractivity contribution in [3.8, 4) is 34.2 Å². The van der Waals surface area contributed by atoms with E-state index in [0.29, 0.717) is 49.0 Å². The Morgan fingerprint density at radius 1 is 0.446 bits per heavy atom. The van der Waals surface area contributed by atoms with Crippen molar-refractivity contribution in [2.75, 3.05) is 0 Å². The van der Waals surface area contributed by atoms with Crippen molar-refractivity contribution in [3.63, 3.8) is 0 Å². The number of hydrogen-bond donors (Lipinski definition) is 4. The van der Waals surface area contributed by atoms with Crippen LogP contribution in [-0.4, -0.2) is 51.5 Å². The second-order valence-electron chi connectivity index (χ2n) is 13.8. The first-order chi connectivity index (χ1) is 27.1. The fourth-order valence-electron chi connectivity index (χ4n) is 6.85. The van der Waals surface area contributed by atoms with Gasteiger partial charge in [0.1, 0.15) is 0 Å². The second-order valence-corrected chi connectivity index (χ2v) is 13.8. The van der Waals surface area contributed by atoms with Crippen LogP contribution in [0.3, 0.4) is 0 Å². The highest BCUT2D eigenvalue weighted by Gasteiger charge is 2.21. The van der Waals surface area contributed by atoms with Crippen LogP contribution in [0, 0.1) is 0 Å². The molecule has 6 aromatic rings. The van der Waals surface area contributed by atoms with Crippen molar-refractivity contribution in [2.45, 2.75) is 39.3 Å². The van der Waals surface area contributed by atoms with E-state index in [0.717, 1.165) is 45.6 Å². The number of carbonyl (C=O) groups is 2. The number of pyridine rings is 6. The van der Waals surface area contributed by atoms with E-state index < -0.39 is 11.8 Å². The van der Waals surface area contributed by atoms with Crippen molar-refractivity contribution in [3.05, 3.63) is 167 Å². The average molecular weight is 743 g/mol. The number of rotatable bonds is 4. The van der Waals surface area contributed by atoms with Crippen LogP contribution in [0.1, 0.15) is 54.9 Å². The summed E-state index contributed by atoms with van der Waals surface area (Å²) >= 11 is 0. The monoisotopic (exact) mass is 742 g/mol. The third-order valence-electron chi connectivity index (χ3n) is 9.16. The molecule has 0 spiro atoms. The minimum Gasteiger partial charge on any atom is -0.386 e. The Hall–Kier alpha value is -7.16. The van der Waals surface area contributed by atoms with Crippen molar-refractivity contribution in [1.29, 1.82) is 0 Å². The van der Waals surface area contributed by atoms with Crippen LogP contribution in [-0.2, 0) is 39.3 Å². The summed E-state index contributed by atoms with van der Waals surface area (Å²) in [5, 5.41) is 5.21. The fourth-order valence-corrected chi connectivity index (χ4v) is 6.85. The molecular formula is C42H38N12O2. The van der Waals surface area contributed by atoms with Crippen LogP contribution in [0.2, 0.25) is 0 Å². The molecule has 0 saturated heterocycles. The van der Waals surface area contributed by atoms with E-state index in [1.807, 2.05) is 72.8 Å². The number of aromatic nitrogens is 6. The van der Waals surface area contributed by atoms with Crippen LogP contribution in [0.5, 0.6) is 0 Å². The van der Waals surface area contributed by atoms with Gasteiger partial charge in [-0.2, -0.15) is 0 Å². The highest BCUT2D eigenvalue weighted by atomic mass is 16.2. The van der Waals surface area contributed by atoms with Crippen molar-refractivity contribution < 1.29 is 9.59 Å².